The van der Waals surface area contributed by atoms with Crippen LogP contribution in [0.25, 0.3) is 0 Å². The highest BCUT2D eigenvalue weighted by Gasteiger charge is 2.42. The van der Waals surface area contributed by atoms with Crippen molar-refractivity contribution in [3.63, 3.8) is 0 Å². The molecule has 1 aromatic rings. The average molecular weight is 253 g/mol. The molecule has 1 aliphatic rings. The van der Waals surface area contributed by atoms with Gasteiger partial charge in [-0.1, -0.05) is 19.8 Å². The van der Waals surface area contributed by atoms with E-state index in [2.05, 4.69) is 30.6 Å². The molecule has 0 aromatic carbocycles. The number of rotatable bonds is 5. The van der Waals surface area contributed by atoms with Gasteiger partial charge in [-0.3, -0.25) is 0 Å². The molecule has 0 amide bonds. The van der Waals surface area contributed by atoms with Crippen LogP contribution in [0.15, 0.2) is 11.4 Å². The van der Waals surface area contributed by atoms with Crippen molar-refractivity contribution in [3.05, 3.63) is 21.9 Å². The van der Waals surface area contributed by atoms with Crippen molar-refractivity contribution in [2.45, 2.75) is 51.2 Å². The first-order valence-electron chi connectivity index (χ1n) is 6.56. The van der Waals surface area contributed by atoms with Crippen LogP contribution in [-0.2, 0) is 4.74 Å². The maximum Gasteiger partial charge on any atom is 0.0872 e. The summed E-state index contributed by atoms with van der Waals surface area (Å²) in [5.41, 5.74) is 1.45. The van der Waals surface area contributed by atoms with E-state index in [4.69, 9.17) is 4.74 Å². The molecule has 3 heteroatoms. The Morgan fingerprint density at radius 1 is 1.47 bits per heavy atom. The number of hydrogen-bond acceptors (Lipinski definition) is 3. The lowest BCUT2D eigenvalue weighted by atomic mass is 9.87. The molecule has 96 valence electrons. The quantitative estimate of drug-likeness (QED) is 0.864. The van der Waals surface area contributed by atoms with Gasteiger partial charge in [0.2, 0.25) is 0 Å². The second-order valence-corrected chi connectivity index (χ2v) is 6.02. The molecule has 1 unspecified atom stereocenters. The molecule has 0 bridgehead atoms. The van der Waals surface area contributed by atoms with Gasteiger partial charge in [-0.05, 0) is 43.3 Å². The Morgan fingerprint density at radius 3 is 2.65 bits per heavy atom. The molecule has 1 atom stereocenters. The molecule has 2 rings (SSSR count). The van der Waals surface area contributed by atoms with Crippen LogP contribution >= 0.6 is 11.3 Å². The number of methoxy groups -OCH3 is 1. The van der Waals surface area contributed by atoms with Crippen molar-refractivity contribution in [1.82, 2.24) is 5.32 Å². The first-order chi connectivity index (χ1) is 8.23. The van der Waals surface area contributed by atoms with E-state index in [9.17, 15) is 0 Å². The molecular formula is C14H23NOS. The van der Waals surface area contributed by atoms with Crippen molar-refractivity contribution in [2.75, 3.05) is 13.7 Å². The lowest BCUT2D eigenvalue weighted by molar-refractivity contribution is -0.0364. The van der Waals surface area contributed by atoms with E-state index in [1.807, 2.05) is 18.4 Å². The smallest absolute Gasteiger partial charge is 0.0872 e. The summed E-state index contributed by atoms with van der Waals surface area (Å²) in [6.07, 6.45) is 4.94. The van der Waals surface area contributed by atoms with Gasteiger partial charge in [0.1, 0.15) is 0 Å². The van der Waals surface area contributed by atoms with Crippen molar-refractivity contribution >= 4 is 11.3 Å². The Hall–Kier alpha value is -0.380. The van der Waals surface area contributed by atoms with Gasteiger partial charge < -0.3 is 10.1 Å². The molecule has 1 saturated carbocycles. The molecule has 1 fully saturated rings. The summed E-state index contributed by atoms with van der Waals surface area (Å²) in [4.78, 5) is 1.42. The SMILES string of the molecule is CCNC(c1ccsc1C)C1(OC)CCCC1. The Balaban J connectivity index is 2.31. The number of ether oxygens (including phenoxy) is 1. The maximum atomic E-state index is 5.93. The summed E-state index contributed by atoms with van der Waals surface area (Å²) >= 11 is 1.83. The summed E-state index contributed by atoms with van der Waals surface area (Å²) in [6, 6.07) is 2.61. The number of aryl methyl sites for hydroxylation is 1. The molecular weight excluding hydrogens is 230 g/mol. The standard InChI is InChI=1S/C14H23NOS/c1-4-15-13(12-7-10-17-11(12)2)14(16-3)8-5-6-9-14/h7,10,13,15H,4-6,8-9H2,1-3H3. The highest BCUT2D eigenvalue weighted by atomic mass is 32.1. The minimum absolute atomic E-state index is 0.0157. The second kappa shape index (κ2) is 5.51. The van der Waals surface area contributed by atoms with Crippen LogP contribution in [-0.4, -0.2) is 19.3 Å². The second-order valence-electron chi connectivity index (χ2n) is 4.90. The van der Waals surface area contributed by atoms with E-state index in [0.717, 1.165) is 6.54 Å². The lowest BCUT2D eigenvalue weighted by Gasteiger charge is -2.37. The number of nitrogens with one attached hydrogen (secondary N) is 1. The van der Waals surface area contributed by atoms with Crippen LogP contribution in [0, 0.1) is 6.92 Å². The van der Waals surface area contributed by atoms with Crippen LogP contribution in [0.2, 0.25) is 0 Å². The molecule has 1 N–H and O–H groups in total. The van der Waals surface area contributed by atoms with Gasteiger partial charge in [-0.15, -0.1) is 11.3 Å². The summed E-state index contributed by atoms with van der Waals surface area (Å²) < 4.78 is 5.93. The van der Waals surface area contributed by atoms with Crippen molar-refractivity contribution in [2.24, 2.45) is 0 Å². The largest absolute Gasteiger partial charge is 0.376 e. The molecule has 1 aromatic heterocycles. The molecule has 1 heterocycles. The van der Waals surface area contributed by atoms with E-state index in [-0.39, 0.29) is 5.60 Å². The van der Waals surface area contributed by atoms with Gasteiger partial charge >= 0.3 is 0 Å². The lowest BCUT2D eigenvalue weighted by Crippen LogP contribution is -2.43. The van der Waals surface area contributed by atoms with E-state index >= 15 is 0 Å². The minimum Gasteiger partial charge on any atom is -0.376 e. The number of likely N-dealkylation sites (N-methyl/N-ethyl adjacent to an activating group) is 1. The zero-order valence-electron chi connectivity index (χ0n) is 11.1. The third kappa shape index (κ3) is 2.42. The van der Waals surface area contributed by atoms with E-state index < -0.39 is 0 Å². The monoisotopic (exact) mass is 253 g/mol. The fourth-order valence-electron chi connectivity index (χ4n) is 3.06. The Morgan fingerprint density at radius 2 is 2.18 bits per heavy atom. The van der Waals surface area contributed by atoms with Crippen LogP contribution in [0.5, 0.6) is 0 Å². The topological polar surface area (TPSA) is 21.3 Å². The first kappa shape index (κ1) is 13.1. The fraction of sp³-hybridized carbons (Fsp3) is 0.714. The van der Waals surface area contributed by atoms with Gasteiger partial charge in [0.25, 0.3) is 0 Å². The fourth-order valence-corrected chi connectivity index (χ4v) is 3.80. The molecule has 0 aliphatic heterocycles. The van der Waals surface area contributed by atoms with Gasteiger partial charge in [-0.2, -0.15) is 0 Å². The van der Waals surface area contributed by atoms with Gasteiger partial charge in [-0.25, -0.2) is 0 Å². The minimum atomic E-state index is 0.0157. The maximum absolute atomic E-state index is 5.93. The Kier molecular flexibility index (Phi) is 4.23. The van der Waals surface area contributed by atoms with E-state index in [1.165, 1.54) is 36.1 Å². The molecule has 2 nitrogen and oxygen atoms in total. The Bertz CT molecular complexity index is 355. The summed E-state index contributed by atoms with van der Waals surface area (Å²) in [6.45, 7) is 5.38. The summed E-state index contributed by atoms with van der Waals surface area (Å²) in [5, 5.41) is 5.83. The molecule has 0 radical (unpaired) electrons. The predicted molar refractivity (Wildman–Crippen MR) is 73.7 cm³/mol. The zero-order valence-corrected chi connectivity index (χ0v) is 11.9. The van der Waals surface area contributed by atoms with Gasteiger partial charge in [0, 0.05) is 12.0 Å². The zero-order chi connectivity index (χ0) is 12.3. The van der Waals surface area contributed by atoms with Crippen LogP contribution in [0.1, 0.15) is 49.1 Å². The normalized spacial score (nSPS) is 20.6. The van der Waals surface area contributed by atoms with Crippen molar-refractivity contribution in [3.8, 4) is 0 Å². The summed E-state index contributed by atoms with van der Waals surface area (Å²) in [7, 11) is 1.87. The first-order valence-corrected chi connectivity index (χ1v) is 7.44. The highest BCUT2D eigenvalue weighted by molar-refractivity contribution is 7.10. The molecule has 17 heavy (non-hydrogen) atoms. The summed E-state index contributed by atoms with van der Waals surface area (Å²) in [5.74, 6) is 0. The third-order valence-corrected chi connectivity index (χ3v) is 4.86. The van der Waals surface area contributed by atoms with Gasteiger partial charge in [0.05, 0.1) is 11.6 Å². The number of hydrogen-bond donors (Lipinski definition) is 1. The predicted octanol–water partition coefficient (Wildman–Crippen LogP) is 3.67. The van der Waals surface area contributed by atoms with Crippen LogP contribution in [0.3, 0.4) is 0 Å². The van der Waals surface area contributed by atoms with E-state index in [0.29, 0.717) is 6.04 Å². The highest BCUT2D eigenvalue weighted by Crippen LogP contribution is 2.43. The molecule has 1 aliphatic carbocycles. The third-order valence-electron chi connectivity index (χ3n) is 4.00. The molecule has 0 saturated heterocycles. The number of thiophene rings is 1. The van der Waals surface area contributed by atoms with Crippen molar-refractivity contribution < 1.29 is 4.74 Å². The Labute approximate surface area is 108 Å². The van der Waals surface area contributed by atoms with Crippen LogP contribution in [0.4, 0.5) is 0 Å². The average Bonchev–Trinajstić information content (AvgIpc) is 2.96. The molecule has 0 spiro atoms. The van der Waals surface area contributed by atoms with Crippen LogP contribution < -0.4 is 5.32 Å². The van der Waals surface area contributed by atoms with Gasteiger partial charge in [0.15, 0.2) is 0 Å². The van der Waals surface area contributed by atoms with E-state index in [1.54, 1.807) is 0 Å². The van der Waals surface area contributed by atoms with Crippen molar-refractivity contribution in [1.29, 1.82) is 0 Å².